The van der Waals surface area contributed by atoms with Crippen molar-refractivity contribution in [3.63, 3.8) is 0 Å². The molecule has 2 aromatic rings. The van der Waals surface area contributed by atoms with Gasteiger partial charge in [-0.3, -0.25) is 4.98 Å². The second-order valence-electron chi connectivity index (χ2n) is 2.78. The van der Waals surface area contributed by atoms with Gasteiger partial charge in [0.25, 0.3) is 0 Å². The zero-order chi connectivity index (χ0) is 9.10. The highest BCUT2D eigenvalue weighted by Gasteiger charge is 2.10. The maximum atomic E-state index is 5.93. The van der Waals surface area contributed by atoms with E-state index in [1.54, 1.807) is 18.7 Å². The van der Waals surface area contributed by atoms with Gasteiger partial charge in [0.1, 0.15) is 5.76 Å². The molecular weight excluding hydrogens is 235 g/mol. The Morgan fingerprint density at radius 2 is 2.00 bits per heavy atom. The van der Waals surface area contributed by atoms with Crippen LogP contribution < -0.4 is 5.73 Å². The molecule has 0 saturated heterocycles. The monoisotopic (exact) mass is 246 g/mol. The van der Waals surface area contributed by atoms with E-state index >= 15 is 0 Å². The van der Waals surface area contributed by atoms with Gasteiger partial charge in [0.05, 0.1) is 12.3 Å². The van der Waals surface area contributed by atoms with Gasteiger partial charge in [-0.05, 0) is 23.8 Å². The number of aromatic nitrogens is 1. The lowest BCUT2D eigenvalue weighted by Crippen LogP contribution is -2.10. The molecule has 82 valence electrons. The maximum absolute atomic E-state index is 5.93. The third kappa shape index (κ3) is 3.23. The summed E-state index contributed by atoms with van der Waals surface area (Å²) < 4.78 is 5.20. The van der Waals surface area contributed by atoms with Gasteiger partial charge in [-0.1, -0.05) is 6.07 Å². The summed E-state index contributed by atoms with van der Waals surface area (Å²) in [6.07, 6.45) is 5.08. The number of hydrogen-bond acceptors (Lipinski definition) is 3. The van der Waals surface area contributed by atoms with Crippen molar-refractivity contribution >= 4 is 24.8 Å². The summed E-state index contributed by atoms with van der Waals surface area (Å²) in [5.41, 5.74) is 6.88. The minimum atomic E-state index is -0.219. The molecule has 0 aliphatic heterocycles. The zero-order valence-electron chi connectivity index (χ0n) is 7.87. The largest absolute Gasteiger partial charge is 0.467 e. The molecule has 2 heterocycles. The molecule has 1 atom stereocenters. The van der Waals surface area contributed by atoms with Crippen LogP contribution in [0.15, 0.2) is 47.3 Å². The van der Waals surface area contributed by atoms with Crippen LogP contribution in [0.5, 0.6) is 0 Å². The van der Waals surface area contributed by atoms with Crippen LogP contribution in [0, 0.1) is 0 Å². The van der Waals surface area contributed by atoms with Crippen LogP contribution in [-0.4, -0.2) is 4.98 Å². The van der Waals surface area contributed by atoms with E-state index in [1.807, 2.05) is 24.3 Å². The van der Waals surface area contributed by atoms with E-state index in [2.05, 4.69) is 4.98 Å². The number of halogens is 2. The average Bonchev–Trinajstić information content (AvgIpc) is 2.71. The van der Waals surface area contributed by atoms with Crippen molar-refractivity contribution in [1.82, 2.24) is 4.98 Å². The number of hydrogen-bond donors (Lipinski definition) is 1. The van der Waals surface area contributed by atoms with Crippen LogP contribution in [0.4, 0.5) is 0 Å². The molecule has 0 fully saturated rings. The topological polar surface area (TPSA) is 52.0 Å². The van der Waals surface area contributed by atoms with Crippen LogP contribution in [0.1, 0.15) is 17.4 Å². The molecule has 0 aliphatic carbocycles. The molecule has 2 aromatic heterocycles. The predicted octanol–water partition coefficient (Wildman–Crippen LogP) is 2.57. The molecule has 5 heteroatoms. The molecule has 3 nitrogen and oxygen atoms in total. The summed E-state index contributed by atoms with van der Waals surface area (Å²) in [5, 5.41) is 0. The van der Waals surface area contributed by atoms with Crippen LogP contribution in [-0.2, 0) is 0 Å². The maximum Gasteiger partial charge on any atom is 0.125 e. The Morgan fingerprint density at radius 1 is 1.20 bits per heavy atom. The number of nitrogens with two attached hydrogens (primary N) is 1. The second kappa shape index (κ2) is 6.45. The smallest absolute Gasteiger partial charge is 0.125 e. The SMILES string of the molecule is Cl.Cl.NC(c1cccnc1)c1ccco1. The fraction of sp³-hybridized carbons (Fsp3) is 0.100. The normalized spacial score (nSPS) is 11.0. The second-order valence-corrected chi connectivity index (χ2v) is 2.78. The van der Waals surface area contributed by atoms with E-state index in [-0.39, 0.29) is 30.9 Å². The molecule has 2 N–H and O–H groups in total. The van der Waals surface area contributed by atoms with Crippen molar-refractivity contribution in [2.75, 3.05) is 0 Å². The third-order valence-corrected chi connectivity index (χ3v) is 1.89. The standard InChI is InChI=1S/C10H10N2O.2ClH/c11-10(9-4-2-6-13-9)8-3-1-5-12-7-8;;/h1-7,10H,11H2;2*1H. The molecule has 15 heavy (non-hydrogen) atoms. The first kappa shape index (κ1) is 14.0. The van der Waals surface area contributed by atoms with Crippen LogP contribution in [0.2, 0.25) is 0 Å². The molecule has 0 radical (unpaired) electrons. The Morgan fingerprint density at radius 3 is 2.53 bits per heavy atom. The molecule has 0 aliphatic rings. The fourth-order valence-electron chi connectivity index (χ4n) is 1.19. The molecule has 0 amide bonds. The van der Waals surface area contributed by atoms with Crippen molar-refractivity contribution in [2.24, 2.45) is 5.73 Å². The zero-order valence-corrected chi connectivity index (χ0v) is 9.50. The summed E-state index contributed by atoms with van der Waals surface area (Å²) in [7, 11) is 0. The Kier molecular flexibility index (Phi) is 6.01. The Labute approximate surface area is 101 Å². The first-order valence-corrected chi connectivity index (χ1v) is 4.07. The molecule has 0 bridgehead atoms. The van der Waals surface area contributed by atoms with E-state index in [1.165, 1.54) is 0 Å². The van der Waals surface area contributed by atoms with Crippen molar-refractivity contribution in [2.45, 2.75) is 6.04 Å². The van der Waals surface area contributed by atoms with Crippen molar-refractivity contribution in [3.8, 4) is 0 Å². The van der Waals surface area contributed by atoms with Gasteiger partial charge in [-0.25, -0.2) is 0 Å². The average molecular weight is 247 g/mol. The van der Waals surface area contributed by atoms with E-state index < -0.39 is 0 Å². The van der Waals surface area contributed by atoms with Gasteiger partial charge in [0.2, 0.25) is 0 Å². The van der Waals surface area contributed by atoms with Crippen molar-refractivity contribution in [3.05, 3.63) is 54.2 Å². The lowest BCUT2D eigenvalue weighted by molar-refractivity contribution is 0.489. The van der Waals surface area contributed by atoms with E-state index in [4.69, 9.17) is 10.2 Å². The minimum absolute atomic E-state index is 0. The quantitative estimate of drug-likeness (QED) is 0.887. The highest BCUT2D eigenvalue weighted by atomic mass is 35.5. The highest BCUT2D eigenvalue weighted by Crippen LogP contribution is 2.18. The number of rotatable bonds is 2. The number of nitrogens with zero attached hydrogens (tertiary/aromatic N) is 1. The van der Waals surface area contributed by atoms with Gasteiger partial charge >= 0.3 is 0 Å². The van der Waals surface area contributed by atoms with Crippen LogP contribution in [0.25, 0.3) is 0 Å². The third-order valence-electron chi connectivity index (χ3n) is 1.89. The Bertz CT molecular complexity index is 364. The summed E-state index contributed by atoms with van der Waals surface area (Å²) in [6.45, 7) is 0. The van der Waals surface area contributed by atoms with Gasteiger partial charge in [-0.2, -0.15) is 0 Å². The summed E-state index contributed by atoms with van der Waals surface area (Å²) in [4.78, 5) is 3.99. The van der Waals surface area contributed by atoms with Gasteiger partial charge in [0.15, 0.2) is 0 Å². The molecule has 1 unspecified atom stereocenters. The molecule has 0 saturated carbocycles. The molecule has 0 spiro atoms. The fourth-order valence-corrected chi connectivity index (χ4v) is 1.19. The van der Waals surface area contributed by atoms with Gasteiger partial charge in [-0.15, -0.1) is 24.8 Å². The summed E-state index contributed by atoms with van der Waals surface area (Å²) >= 11 is 0. The van der Waals surface area contributed by atoms with Crippen molar-refractivity contribution in [1.29, 1.82) is 0 Å². The Balaban J connectivity index is 0.000000980. The van der Waals surface area contributed by atoms with E-state index in [0.717, 1.165) is 11.3 Å². The van der Waals surface area contributed by atoms with Gasteiger partial charge in [0, 0.05) is 12.4 Å². The minimum Gasteiger partial charge on any atom is -0.467 e. The van der Waals surface area contributed by atoms with Gasteiger partial charge < -0.3 is 10.2 Å². The van der Waals surface area contributed by atoms with Crippen molar-refractivity contribution < 1.29 is 4.42 Å². The predicted molar refractivity (Wildman–Crippen MR) is 63.5 cm³/mol. The molecule has 2 rings (SSSR count). The summed E-state index contributed by atoms with van der Waals surface area (Å²) in [5.74, 6) is 0.757. The highest BCUT2D eigenvalue weighted by molar-refractivity contribution is 5.85. The number of pyridine rings is 1. The Hall–Kier alpha value is -1.03. The lowest BCUT2D eigenvalue weighted by Gasteiger charge is -2.07. The first-order chi connectivity index (χ1) is 6.38. The molecular formula is C10H12Cl2N2O. The first-order valence-electron chi connectivity index (χ1n) is 4.07. The van der Waals surface area contributed by atoms with Crippen LogP contribution in [0.3, 0.4) is 0 Å². The van der Waals surface area contributed by atoms with E-state index in [0.29, 0.717) is 0 Å². The molecule has 0 aromatic carbocycles. The summed E-state index contributed by atoms with van der Waals surface area (Å²) in [6, 6.07) is 7.25. The van der Waals surface area contributed by atoms with E-state index in [9.17, 15) is 0 Å². The lowest BCUT2D eigenvalue weighted by atomic mass is 10.1. The van der Waals surface area contributed by atoms with Crippen LogP contribution >= 0.6 is 24.8 Å². The number of furan rings is 1.